The van der Waals surface area contributed by atoms with E-state index in [-0.39, 0.29) is 150 Å². The Balaban J connectivity index is 0.000000922. The highest BCUT2D eigenvalue weighted by atomic mass is 16.6. The maximum atomic E-state index is 12.5. The largest absolute Gasteiger partial charge is 0.382 e. The fraction of sp³-hybridized carbons (Fsp3) is 0.782. The molecule has 2 N–H and O–H groups in total. The summed E-state index contributed by atoms with van der Waals surface area (Å²) in [5.41, 5.74) is 0. The maximum absolute atomic E-state index is 12.5. The molecule has 0 saturated heterocycles. The molecule has 0 aliphatic carbocycles. The first-order valence-corrected chi connectivity index (χ1v) is 39.3. The van der Waals surface area contributed by atoms with Crippen LogP contribution >= 0.6 is 0 Å². The van der Waals surface area contributed by atoms with Gasteiger partial charge in [-0.2, -0.15) is 0 Å². The highest BCUT2D eigenvalue weighted by Gasteiger charge is 2.27. The molecule has 3 rings (SSSR count). The van der Waals surface area contributed by atoms with Gasteiger partial charge >= 0.3 is 0 Å². The summed E-state index contributed by atoms with van der Waals surface area (Å²) >= 11 is 0. The Morgan fingerprint density at radius 2 is 0.578 bits per heavy atom. The van der Waals surface area contributed by atoms with Gasteiger partial charge in [0.2, 0.25) is 11.8 Å². The minimum Gasteiger partial charge on any atom is -0.382 e. The predicted octanol–water partition coefficient (Wildman–Crippen LogP) is 0.459. The van der Waals surface area contributed by atoms with E-state index < -0.39 is 29.5 Å². The van der Waals surface area contributed by atoms with Crippen molar-refractivity contribution >= 4 is 64.6 Å². The molecule has 3 aliphatic rings. The lowest BCUT2D eigenvalue weighted by Crippen LogP contribution is -2.35. The normalized spacial score (nSPS) is 14.5. The number of hydrogen-bond donors (Lipinski definition) is 2. The number of nitrogens with zero attached hydrogens (tertiary/aromatic N) is 3. The van der Waals surface area contributed by atoms with Crippen molar-refractivity contribution in [2.24, 2.45) is 5.92 Å². The summed E-state index contributed by atoms with van der Waals surface area (Å²) in [6.07, 6.45) is 9.79. The minimum absolute atomic E-state index is 0.000237. The lowest BCUT2D eigenvalue weighted by Gasteiger charge is -2.21. The number of nitrogens with one attached hydrogen (secondary N) is 2. The van der Waals surface area contributed by atoms with Gasteiger partial charge in [-0.15, -0.1) is 0 Å². The molecule has 0 aromatic rings. The monoisotopic (exact) mass is 1670 g/mol. The van der Waals surface area contributed by atoms with Gasteiger partial charge in [0.1, 0.15) is 42.6 Å². The van der Waals surface area contributed by atoms with Crippen molar-refractivity contribution in [2.45, 2.75) is 95.0 Å². The van der Waals surface area contributed by atoms with Gasteiger partial charge in [-0.1, -0.05) is 0 Å². The molecule has 668 valence electrons. The third-order valence-electron chi connectivity index (χ3n) is 16.4. The molecule has 0 bridgehead atoms. The Bertz CT molecular complexity index is 2660. The topological polar surface area (TPSA) is 425 Å². The Morgan fingerprint density at radius 3 is 0.957 bits per heavy atom. The Morgan fingerprint density at radius 1 is 0.293 bits per heavy atom. The first-order chi connectivity index (χ1) is 56.4. The number of methoxy groups -OCH3 is 8. The molecule has 38 heteroatoms. The van der Waals surface area contributed by atoms with E-state index >= 15 is 0 Å². The highest BCUT2D eigenvalue weighted by Crippen LogP contribution is 2.14. The molecule has 8 amide bonds. The number of amides is 8. The van der Waals surface area contributed by atoms with Gasteiger partial charge in [0.05, 0.1) is 185 Å². The molecule has 0 spiro atoms. The molecule has 0 fully saturated rings. The van der Waals surface area contributed by atoms with Gasteiger partial charge in [0.15, 0.2) is 5.78 Å². The van der Waals surface area contributed by atoms with Gasteiger partial charge in [0, 0.05) is 190 Å². The molecule has 5 atom stereocenters. The van der Waals surface area contributed by atoms with Crippen LogP contribution in [0.15, 0.2) is 36.5 Å². The lowest BCUT2D eigenvalue weighted by molar-refractivity contribution is -0.139. The molecule has 5 unspecified atom stereocenters. The van der Waals surface area contributed by atoms with Crippen LogP contribution in [0.25, 0.3) is 0 Å². The van der Waals surface area contributed by atoms with Gasteiger partial charge in [-0.05, 0) is 32.1 Å². The van der Waals surface area contributed by atoms with E-state index in [1.165, 1.54) is 43.6 Å². The minimum atomic E-state index is -0.545. The summed E-state index contributed by atoms with van der Waals surface area (Å²) in [5, 5.41) is 5.50. The smallest absolute Gasteiger partial charge is 0.253 e. The first-order valence-electron chi connectivity index (χ1n) is 39.3. The first kappa shape index (κ1) is 108. The third kappa shape index (κ3) is 59.4. The average molecular weight is 1670 g/mol. The van der Waals surface area contributed by atoms with Crippen LogP contribution < -0.4 is 10.6 Å². The fourth-order valence-electron chi connectivity index (χ4n) is 10.0. The van der Waals surface area contributed by atoms with Crippen molar-refractivity contribution in [3.8, 4) is 0 Å². The number of hydrogen-bond acceptors (Lipinski definition) is 33. The van der Waals surface area contributed by atoms with Gasteiger partial charge < -0.3 is 115 Å². The second-order valence-corrected chi connectivity index (χ2v) is 25.8. The van der Waals surface area contributed by atoms with Gasteiger partial charge in [-0.3, -0.25) is 67.4 Å². The number of carbonyl (C=O) groups is 11. The molecule has 3 aliphatic heterocycles. The summed E-state index contributed by atoms with van der Waals surface area (Å²) in [5.74, 6) is -3.71. The highest BCUT2D eigenvalue weighted by molar-refractivity contribution is 6.14. The Hall–Kier alpha value is -6.29. The summed E-state index contributed by atoms with van der Waals surface area (Å²) in [6, 6.07) is 0. The summed E-state index contributed by atoms with van der Waals surface area (Å²) in [6.45, 7) is 13.1. The number of unbranched alkanes of at least 4 members (excludes halogenated alkanes) is 1. The molecule has 0 saturated carbocycles. The lowest BCUT2D eigenvalue weighted by atomic mass is 9.96. The van der Waals surface area contributed by atoms with Crippen LogP contribution in [0.1, 0.15) is 70.6 Å². The summed E-state index contributed by atoms with van der Waals surface area (Å²) in [7, 11) is 12.8. The second-order valence-electron chi connectivity index (χ2n) is 25.8. The van der Waals surface area contributed by atoms with Crippen LogP contribution in [0, 0.1) is 5.92 Å². The SMILES string of the molecule is COCCOCC(COCCCCC(=O)CCN1C(=O)C=CC1=O)OCCOC.COCCOCC(COCCOCC(COCCCNC(=O)CCN1C(=O)C=CC1=O)OCCOCC(COCCOC)OCCOC)OCCOC.COCCOCCC(CC(=O)NCCCC(=O)CCN1C(=O)C=CC1=O)C(=O)COCCOC. The van der Waals surface area contributed by atoms with Gasteiger partial charge in [-0.25, -0.2) is 0 Å². The number of imide groups is 3. The standard InChI is InChI=1S/C35H64N2O16.C23H36N2O9.C20H33NO8/c1-41-12-16-46-25-31(51-21-14-43-3)28-49-19-18-48-27-30(53-23-20-50-29-32(52-22-15-44-4)26-47-17-13-42-2)24-45-11-5-9-36-33(38)8-10-37-34(39)6-7-35(37)40;1-31-12-14-33-11-8-18(20(27)17-34-15-13-32-2)16-21(28)24-9-3-4-19(26)7-10-25-22(29)5-6-23(25)30;1-25-11-13-28-16-18(29-14-12-26-2)15-27-10-4-3-5-17(22)8-9-21-19(23)6-7-20(21)24/h6-7,30-32H,5,8-29H2,1-4H3,(H,36,38);5-6,18H,3-4,7-17H2,1-2H3,(H,24,28);6-7,18H,3-5,8-16H2,1-2H3. The van der Waals surface area contributed by atoms with E-state index in [9.17, 15) is 52.7 Å². The van der Waals surface area contributed by atoms with E-state index in [2.05, 4.69) is 10.6 Å². The Labute approximate surface area is 682 Å². The van der Waals surface area contributed by atoms with Crippen molar-refractivity contribution in [1.29, 1.82) is 0 Å². The van der Waals surface area contributed by atoms with Crippen LogP contribution in [-0.2, 0) is 157 Å². The average Bonchev–Trinajstić information content (AvgIpc) is 1.75. The van der Waals surface area contributed by atoms with Crippen molar-refractivity contribution in [3.05, 3.63) is 36.5 Å². The van der Waals surface area contributed by atoms with Crippen molar-refractivity contribution in [2.75, 3.05) is 301 Å². The summed E-state index contributed by atoms with van der Waals surface area (Å²) < 4.78 is 119. The van der Waals surface area contributed by atoms with Crippen LogP contribution in [0.3, 0.4) is 0 Å². The number of rotatable bonds is 80. The zero-order valence-corrected chi connectivity index (χ0v) is 69.6. The number of Topliss-reactive ketones (excluding diaryl/α,β-unsaturated/α-hetero) is 3. The van der Waals surface area contributed by atoms with Crippen LogP contribution in [0.5, 0.6) is 0 Å². The molecular weight excluding hydrogens is 1530 g/mol. The van der Waals surface area contributed by atoms with Crippen molar-refractivity contribution in [1.82, 2.24) is 25.3 Å². The van der Waals surface area contributed by atoms with Gasteiger partial charge in [0.25, 0.3) is 35.4 Å². The Kier molecular flexibility index (Phi) is 70.7. The predicted molar refractivity (Wildman–Crippen MR) is 415 cm³/mol. The zero-order valence-electron chi connectivity index (χ0n) is 69.6. The number of ketones is 3. The quantitative estimate of drug-likeness (QED) is 0.0617. The van der Waals surface area contributed by atoms with E-state index in [0.717, 1.165) is 21.1 Å². The summed E-state index contributed by atoms with van der Waals surface area (Å²) in [4.78, 5) is 133. The van der Waals surface area contributed by atoms with Crippen LogP contribution in [0.4, 0.5) is 0 Å². The van der Waals surface area contributed by atoms with E-state index in [1.807, 2.05) is 0 Å². The molecule has 3 heterocycles. The molecular formula is C78H133N5O33. The second kappa shape index (κ2) is 76.1. The van der Waals surface area contributed by atoms with E-state index in [1.54, 1.807) is 49.8 Å². The molecule has 0 aromatic heterocycles. The molecule has 0 radical (unpaired) electrons. The van der Waals surface area contributed by atoms with Crippen LogP contribution in [-0.4, -0.2) is 405 Å². The number of carbonyl (C=O) groups excluding carboxylic acids is 11. The maximum Gasteiger partial charge on any atom is 0.253 e. The zero-order chi connectivity index (χ0) is 85.1. The number of ether oxygens (including phenoxy) is 22. The molecule has 38 nitrogen and oxygen atoms in total. The fourth-order valence-corrected chi connectivity index (χ4v) is 10.0. The van der Waals surface area contributed by atoms with Crippen molar-refractivity contribution < 1.29 is 157 Å². The third-order valence-corrected chi connectivity index (χ3v) is 16.4. The van der Waals surface area contributed by atoms with E-state index in [0.29, 0.717) is 224 Å². The molecule has 0 aromatic carbocycles. The van der Waals surface area contributed by atoms with E-state index in [4.69, 9.17) is 104 Å². The van der Waals surface area contributed by atoms with Crippen LogP contribution in [0.2, 0.25) is 0 Å². The molecule has 116 heavy (non-hydrogen) atoms. The van der Waals surface area contributed by atoms with Crippen molar-refractivity contribution in [3.63, 3.8) is 0 Å².